The molecule has 0 spiro atoms. The number of amides is 1. The van der Waals surface area contributed by atoms with Crippen LogP contribution in [-0.4, -0.2) is 73.8 Å². The molecule has 1 saturated heterocycles. The molecule has 13 heteroatoms. The highest BCUT2D eigenvalue weighted by atomic mass is 19.2. The molecule has 39 heavy (non-hydrogen) atoms. The second-order valence-corrected chi connectivity index (χ2v) is 9.06. The molecule has 1 aliphatic heterocycles. The van der Waals surface area contributed by atoms with Crippen molar-refractivity contribution in [3.8, 4) is 11.3 Å². The molecule has 9 nitrogen and oxygen atoms in total. The number of aromatic nitrogens is 3. The van der Waals surface area contributed by atoms with Crippen LogP contribution in [0.4, 0.5) is 17.6 Å². The zero-order valence-electron chi connectivity index (χ0n) is 20.0. The predicted molar refractivity (Wildman–Crippen MR) is 128 cm³/mol. The van der Waals surface area contributed by atoms with Crippen LogP contribution in [0.3, 0.4) is 0 Å². The van der Waals surface area contributed by atoms with Gasteiger partial charge >= 0.3 is 0 Å². The van der Waals surface area contributed by atoms with Crippen LogP contribution in [0.1, 0.15) is 16.4 Å². The van der Waals surface area contributed by atoms with Crippen molar-refractivity contribution in [2.75, 3.05) is 13.2 Å². The molecule has 0 radical (unpaired) electrons. The second-order valence-electron chi connectivity index (χ2n) is 9.06. The lowest BCUT2D eigenvalue weighted by molar-refractivity contribution is -0.203. The first kappa shape index (κ1) is 26.7. The van der Waals surface area contributed by atoms with Crippen molar-refractivity contribution in [2.24, 2.45) is 0 Å². The highest BCUT2D eigenvalue weighted by molar-refractivity contribution is 6.07. The largest absolute Gasteiger partial charge is 0.394 e. The molecule has 204 valence electrons. The summed E-state index contributed by atoms with van der Waals surface area (Å²) >= 11 is 0. The molecule has 0 aliphatic carbocycles. The first-order valence-corrected chi connectivity index (χ1v) is 11.8. The van der Waals surface area contributed by atoms with Crippen LogP contribution in [0.25, 0.3) is 22.0 Å². The lowest BCUT2D eigenvalue weighted by atomic mass is 9.92. The van der Waals surface area contributed by atoms with Gasteiger partial charge in [-0.3, -0.25) is 4.79 Å². The van der Waals surface area contributed by atoms with Gasteiger partial charge in [-0.15, -0.1) is 5.10 Å². The van der Waals surface area contributed by atoms with Gasteiger partial charge in [0.05, 0.1) is 12.8 Å². The van der Waals surface area contributed by atoms with Gasteiger partial charge in [0.1, 0.15) is 42.0 Å². The standard InChI is InChI=1S/C26H22F4N4O5/c27-16-6-5-15(13-3-1-2-4-14(13)16)26(38)31-9-20-24(36)23(25(37)21(11-35)39-20)34-10-19(32-33-34)12-7-17(28)22(30)18(29)8-12/h1-8,10,20-21,23-25,35-37H,9,11H2,(H,31,38)/t20-,21+,23+,24-,25-/m0/s1. The Morgan fingerprint density at radius 1 is 0.949 bits per heavy atom. The number of fused-ring (bicyclic) bond motifs is 1. The molecule has 1 aromatic heterocycles. The van der Waals surface area contributed by atoms with Crippen LogP contribution in [-0.2, 0) is 4.74 Å². The number of halogens is 4. The molecule has 1 aliphatic rings. The Bertz CT molecular complexity index is 1510. The predicted octanol–water partition coefficient (Wildman–Crippen LogP) is 2.11. The summed E-state index contributed by atoms with van der Waals surface area (Å²) in [5.74, 6) is -5.58. The number of hydrogen-bond donors (Lipinski definition) is 4. The maximum Gasteiger partial charge on any atom is 0.252 e. The zero-order valence-corrected chi connectivity index (χ0v) is 20.0. The summed E-state index contributed by atoms with van der Waals surface area (Å²) < 4.78 is 61.5. The molecular weight excluding hydrogens is 524 g/mol. The average molecular weight is 546 g/mol. The van der Waals surface area contributed by atoms with Gasteiger partial charge in [0.15, 0.2) is 17.5 Å². The second kappa shape index (κ2) is 10.7. The average Bonchev–Trinajstić information content (AvgIpc) is 3.41. The zero-order chi connectivity index (χ0) is 27.8. The fraction of sp³-hybridized carbons (Fsp3) is 0.269. The highest BCUT2D eigenvalue weighted by Crippen LogP contribution is 2.31. The number of nitrogens with one attached hydrogen (secondary N) is 1. The van der Waals surface area contributed by atoms with Crippen LogP contribution in [0.2, 0.25) is 0 Å². The molecule has 5 atom stereocenters. The van der Waals surface area contributed by atoms with Gasteiger partial charge < -0.3 is 25.4 Å². The Balaban J connectivity index is 1.37. The molecule has 2 heterocycles. The molecule has 0 bridgehead atoms. The van der Waals surface area contributed by atoms with Crippen LogP contribution >= 0.6 is 0 Å². The molecule has 5 rings (SSSR count). The van der Waals surface area contributed by atoms with E-state index in [1.807, 2.05) is 0 Å². The minimum atomic E-state index is -1.65. The van der Waals surface area contributed by atoms with E-state index < -0.39 is 66.2 Å². The third-order valence-corrected chi connectivity index (χ3v) is 6.67. The molecular formula is C26H22F4N4O5. The van der Waals surface area contributed by atoms with E-state index in [1.54, 1.807) is 18.2 Å². The van der Waals surface area contributed by atoms with Gasteiger partial charge in [-0.05, 0) is 29.7 Å². The lowest BCUT2D eigenvalue weighted by Crippen LogP contribution is -2.58. The molecule has 4 aromatic rings. The summed E-state index contributed by atoms with van der Waals surface area (Å²) in [5, 5.41) is 42.4. The molecule has 4 N–H and O–H groups in total. The fourth-order valence-corrected chi connectivity index (χ4v) is 4.67. The normalized spacial score (nSPS) is 23.2. The smallest absolute Gasteiger partial charge is 0.252 e. The van der Waals surface area contributed by atoms with E-state index in [9.17, 15) is 37.7 Å². The van der Waals surface area contributed by atoms with E-state index in [2.05, 4.69) is 15.6 Å². The van der Waals surface area contributed by atoms with Crippen molar-refractivity contribution in [3.05, 3.63) is 83.6 Å². The van der Waals surface area contributed by atoms with E-state index in [1.165, 1.54) is 24.4 Å². The van der Waals surface area contributed by atoms with Gasteiger partial charge in [-0.25, -0.2) is 22.2 Å². The van der Waals surface area contributed by atoms with Crippen LogP contribution in [0.15, 0.2) is 54.7 Å². The number of carbonyl (C=O) groups excluding carboxylic acids is 1. The summed E-state index contributed by atoms with van der Waals surface area (Å²) in [6, 6.07) is 9.10. The van der Waals surface area contributed by atoms with E-state index in [0.717, 1.165) is 16.8 Å². The minimum absolute atomic E-state index is 0.0766. The number of rotatable bonds is 6. The number of aliphatic hydroxyl groups is 3. The van der Waals surface area contributed by atoms with Crippen molar-refractivity contribution in [1.29, 1.82) is 0 Å². The van der Waals surface area contributed by atoms with Gasteiger partial charge in [-0.1, -0.05) is 29.5 Å². The molecule has 3 aromatic carbocycles. The Morgan fingerprint density at radius 3 is 2.31 bits per heavy atom. The van der Waals surface area contributed by atoms with E-state index in [-0.39, 0.29) is 28.8 Å². The molecule has 1 amide bonds. The maximum atomic E-state index is 14.1. The van der Waals surface area contributed by atoms with Crippen LogP contribution in [0.5, 0.6) is 0 Å². The van der Waals surface area contributed by atoms with Gasteiger partial charge in [0, 0.05) is 23.1 Å². The van der Waals surface area contributed by atoms with Crippen molar-refractivity contribution in [2.45, 2.75) is 30.5 Å². The lowest BCUT2D eigenvalue weighted by Gasteiger charge is -2.42. The van der Waals surface area contributed by atoms with Crippen molar-refractivity contribution < 1.29 is 42.4 Å². The summed E-state index contributed by atoms with van der Waals surface area (Å²) in [6.07, 6.45) is -4.14. The van der Waals surface area contributed by atoms with Crippen molar-refractivity contribution in [3.63, 3.8) is 0 Å². The number of aliphatic hydroxyl groups excluding tert-OH is 3. The van der Waals surface area contributed by atoms with Gasteiger partial charge in [-0.2, -0.15) is 0 Å². The summed E-state index contributed by atoms with van der Waals surface area (Å²) in [5.41, 5.74) is -0.0257. The Kier molecular flexibility index (Phi) is 7.32. The fourth-order valence-electron chi connectivity index (χ4n) is 4.67. The van der Waals surface area contributed by atoms with Crippen LogP contribution < -0.4 is 5.32 Å². The number of nitrogens with zero attached hydrogens (tertiary/aromatic N) is 3. The molecule has 0 saturated carbocycles. The molecule has 0 unspecified atom stereocenters. The van der Waals surface area contributed by atoms with E-state index >= 15 is 0 Å². The van der Waals surface area contributed by atoms with E-state index in [4.69, 9.17) is 4.74 Å². The number of carbonyl (C=O) groups is 1. The molecule has 1 fully saturated rings. The third kappa shape index (κ3) is 4.96. The highest BCUT2D eigenvalue weighted by Gasteiger charge is 2.46. The monoisotopic (exact) mass is 546 g/mol. The summed E-state index contributed by atoms with van der Waals surface area (Å²) in [4.78, 5) is 12.9. The summed E-state index contributed by atoms with van der Waals surface area (Å²) in [7, 11) is 0. The van der Waals surface area contributed by atoms with Gasteiger partial charge in [0.2, 0.25) is 0 Å². The number of benzene rings is 3. The van der Waals surface area contributed by atoms with Crippen LogP contribution in [0, 0.1) is 23.3 Å². The Morgan fingerprint density at radius 2 is 1.62 bits per heavy atom. The Hall–Kier alpha value is -3.91. The minimum Gasteiger partial charge on any atom is -0.394 e. The SMILES string of the molecule is O=C(NC[C@@H]1O[C@H](CO)[C@H](O)[C@H](n2cc(-c3cc(F)c(F)c(F)c3)nn2)[C@H]1O)c1ccc(F)c2ccccc12. The van der Waals surface area contributed by atoms with Crippen molar-refractivity contribution in [1.82, 2.24) is 20.3 Å². The first-order chi connectivity index (χ1) is 18.7. The van der Waals surface area contributed by atoms with Gasteiger partial charge in [0.25, 0.3) is 5.91 Å². The first-order valence-electron chi connectivity index (χ1n) is 11.8. The number of hydrogen-bond acceptors (Lipinski definition) is 7. The summed E-state index contributed by atoms with van der Waals surface area (Å²) in [6.45, 7) is -0.908. The number of ether oxygens (including phenoxy) is 1. The maximum absolute atomic E-state index is 14.1. The van der Waals surface area contributed by atoms with Crippen molar-refractivity contribution >= 4 is 16.7 Å². The quantitative estimate of drug-likeness (QED) is 0.215. The Labute approximate surface area is 218 Å². The van der Waals surface area contributed by atoms with E-state index in [0.29, 0.717) is 5.39 Å². The third-order valence-electron chi connectivity index (χ3n) is 6.67. The topological polar surface area (TPSA) is 130 Å².